The standard InChI is InChI=1S/C8H13BrO/c9-7-5-4-6-2-1-3-8(7)10-6/h6-8H,1-5H2/t6?,7-,8+/m1/s1. The number of rotatable bonds is 0. The molecule has 2 rings (SSSR count). The molecular formula is C8H13BrO. The van der Waals surface area contributed by atoms with Gasteiger partial charge in [-0.25, -0.2) is 0 Å². The van der Waals surface area contributed by atoms with Crippen molar-refractivity contribution in [2.75, 3.05) is 0 Å². The molecule has 0 N–H and O–H groups in total. The van der Waals surface area contributed by atoms with Gasteiger partial charge in [0.25, 0.3) is 0 Å². The normalized spacial score (nSPS) is 47.1. The average Bonchev–Trinajstić information content (AvgIpc) is 1.99. The van der Waals surface area contributed by atoms with Crippen molar-refractivity contribution < 1.29 is 4.74 Å². The van der Waals surface area contributed by atoms with Gasteiger partial charge in [-0.2, -0.15) is 0 Å². The summed E-state index contributed by atoms with van der Waals surface area (Å²) in [5.41, 5.74) is 0. The molecule has 2 heteroatoms. The zero-order chi connectivity index (χ0) is 6.97. The molecule has 0 radical (unpaired) electrons. The van der Waals surface area contributed by atoms with E-state index in [2.05, 4.69) is 15.9 Å². The van der Waals surface area contributed by atoms with E-state index in [4.69, 9.17) is 4.74 Å². The van der Waals surface area contributed by atoms with E-state index in [1.54, 1.807) is 0 Å². The van der Waals surface area contributed by atoms with Gasteiger partial charge < -0.3 is 4.74 Å². The van der Waals surface area contributed by atoms with Gasteiger partial charge in [0.2, 0.25) is 0 Å². The lowest BCUT2D eigenvalue weighted by Gasteiger charge is -2.38. The minimum absolute atomic E-state index is 0.535. The molecule has 2 fully saturated rings. The van der Waals surface area contributed by atoms with Crippen LogP contribution in [0.4, 0.5) is 0 Å². The summed E-state index contributed by atoms with van der Waals surface area (Å²) in [5, 5.41) is 0. The minimum atomic E-state index is 0.535. The molecule has 0 aromatic carbocycles. The van der Waals surface area contributed by atoms with Gasteiger partial charge in [0.05, 0.1) is 12.2 Å². The largest absolute Gasteiger partial charge is 0.374 e. The van der Waals surface area contributed by atoms with Gasteiger partial charge in [-0.3, -0.25) is 0 Å². The van der Waals surface area contributed by atoms with E-state index in [0.29, 0.717) is 17.0 Å². The summed E-state index contributed by atoms with van der Waals surface area (Å²) in [5.74, 6) is 0. The van der Waals surface area contributed by atoms with Crippen LogP contribution in [0.15, 0.2) is 0 Å². The molecule has 10 heavy (non-hydrogen) atoms. The quantitative estimate of drug-likeness (QED) is 0.552. The Kier molecular flexibility index (Phi) is 2.01. The van der Waals surface area contributed by atoms with Gasteiger partial charge in [0.15, 0.2) is 0 Å². The Bertz CT molecular complexity index is 124. The Balaban J connectivity index is 2.00. The highest BCUT2D eigenvalue weighted by molar-refractivity contribution is 9.09. The van der Waals surface area contributed by atoms with Crippen molar-refractivity contribution in [1.29, 1.82) is 0 Å². The van der Waals surface area contributed by atoms with Crippen molar-refractivity contribution in [3.05, 3.63) is 0 Å². The molecule has 2 aliphatic rings. The molecule has 0 saturated carbocycles. The fraction of sp³-hybridized carbons (Fsp3) is 1.00. The van der Waals surface area contributed by atoms with Crippen LogP contribution in [0, 0.1) is 0 Å². The number of fused-ring (bicyclic) bond motifs is 2. The molecule has 58 valence electrons. The summed E-state index contributed by atoms with van der Waals surface area (Å²) in [4.78, 5) is 0.643. The van der Waals surface area contributed by atoms with Crippen molar-refractivity contribution >= 4 is 15.9 Å². The summed E-state index contributed by atoms with van der Waals surface area (Å²) in [6.07, 6.45) is 7.67. The first-order valence-electron chi connectivity index (χ1n) is 4.16. The maximum Gasteiger partial charge on any atom is 0.0703 e. The predicted molar refractivity (Wildman–Crippen MR) is 44.5 cm³/mol. The van der Waals surface area contributed by atoms with Crippen molar-refractivity contribution in [1.82, 2.24) is 0 Å². The minimum Gasteiger partial charge on any atom is -0.374 e. The van der Waals surface area contributed by atoms with Crippen LogP contribution in [0.1, 0.15) is 32.1 Å². The molecule has 3 atom stereocenters. The molecule has 2 saturated heterocycles. The highest BCUT2D eigenvalue weighted by Gasteiger charge is 2.32. The fourth-order valence-electron chi connectivity index (χ4n) is 1.94. The molecule has 1 nitrogen and oxygen atoms in total. The Labute approximate surface area is 70.3 Å². The van der Waals surface area contributed by atoms with E-state index < -0.39 is 0 Å². The third-order valence-corrected chi connectivity index (χ3v) is 3.60. The van der Waals surface area contributed by atoms with Crippen molar-refractivity contribution in [2.45, 2.75) is 49.1 Å². The van der Waals surface area contributed by atoms with E-state index in [-0.39, 0.29) is 0 Å². The second-order valence-corrected chi connectivity index (χ2v) is 4.50. The Morgan fingerprint density at radius 3 is 2.80 bits per heavy atom. The van der Waals surface area contributed by atoms with E-state index in [1.165, 1.54) is 32.1 Å². The first-order valence-corrected chi connectivity index (χ1v) is 5.07. The van der Waals surface area contributed by atoms with Gasteiger partial charge >= 0.3 is 0 Å². The number of hydrogen-bond acceptors (Lipinski definition) is 1. The van der Waals surface area contributed by atoms with Crippen LogP contribution >= 0.6 is 15.9 Å². The second-order valence-electron chi connectivity index (χ2n) is 3.32. The van der Waals surface area contributed by atoms with Crippen molar-refractivity contribution in [2.24, 2.45) is 0 Å². The summed E-state index contributed by atoms with van der Waals surface area (Å²) in [7, 11) is 0. The van der Waals surface area contributed by atoms with Crippen molar-refractivity contribution in [3.8, 4) is 0 Å². The van der Waals surface area contributed by atoms with Crippen LogP contribution in [0.3, 0.4) is 0 Å². The fourth-order valence-corrected chi connectivity index (χ4v) is 2.59. The molecule has 2 heterocycles. The summed E-state index contributed by atoms with van der Waals surface area (Å²) >= 11 is 3.65. The lowest BCUT2D eigenvalue weighted by Crippen LogP contribution is -2.38. The van der Waals surface area contributed by atoms with Crippen LogP contribution in [-0.2, 0) is 4.74 Å². The maximum atomic E-state index is 5.79. The first-order chi connectivity index (χ1) is 4.86. The van der Waals surface area contributed by atoms with E-state index in [0.717, 1.165) is 0 Å². The summed E-state index contributed by atoms with van der Waals surface area (Å²) < 4.78 is 5.79. The molecule has 2 bridgehead atoms. The zero-order valence-electron chi connectivity index (χ0n) is 6.05. The molecule has 0 aromatic heterocycles. The molecular weight excluding hydrogens is 192 g/mol. The average molecular weight is 205 g/mol. The maximum absolute atomic E-state index is 5.79. The van der Waals surface area contributed by atoms with E-state index in [1.807, 2.05) is 0 Å². The van der Waals surface area contributed by atoms with Crippen LogP contribution in [0.5, 0.6) is 0 Å². The Hall–Kier alpha value is 0.440. The topological polar surface area (TPSA) is 9.23 Å². The highest BCUT2D eigenvalue weighted by Crippen LogP contribution is 2.34. The molecule has 0 amide bonds. The first kappa shape index (κ1) is 7.11. The molecule has 0 spiro atoms. The van der Waals surface area contributed by atoms with Crippen molar-refractivity contribution in [3.63, 3.8) is 0 Å². The van der Waals surface area contributed by atoms with Crippen LogP contribution < -0.4 is 0 Å². The number of hydrogen-bond donors (Lipinski definition) is 0. The van der Waals surface area contributed by atoms with Gasteiger partial charge in [-0.1, -0.05) is 15.9 Å². The van der Waals surface area contributed by atoms with Crippen LogP contribution in [-0.4, -0.2) is 17.0 Å². The number of halogens is 1. The second kappa shape index (κ2) is 2.82. The Morgan fingerprint density at radius 1 is 1.10 bits per heavy atom. The molecule has 0 aromatic rings. The van der Waals surface area contributed by atoms with Gasteiger partial charge in [0, 0.05) is 4.83 Å². The van der Waals surface area contributed by atoms with E-state index >= 15 is 0 Å². The third-order valence-electron chi connectivity index (χ3n) is 2.55. The highest BCUT2D eigenvalue weighted by atomic mass is 79.9. The lowest BCUT2D eigenvalue weighted by atomic mass is 9.92. The van der Waals surface area contributed by atoms with Gasteiger partial charge in [0.1, 0.15) is 0 Å². The Morgan fingerprint density at radius 2 is 2.00 bits per heavy atom. The third kappa shape index (κ3) is 1.24. The molecule has 1 unspecified atom stereocenters. The number of alkyl halides is 1. The van der Waals surface area contributed by atoms with Gasteiger partial charge in [-0.05, 0) is 32.1 Å². The van der Waals surface area contributed by atoms with Crippen LogP contribution in [0.2, 0.25) is 0 Å². The summed E-state index contributed by atoms with van der Waals surface area (Å²) in [6.45, 7) is 0. The van der Waals surface area contributed by atoms with E-state index in [9.17, 15) is 0 Å². The number of ether oxygens (including phenoxy) is 1. The monoisotopic (exact) mass is 204 g/mol. The molecule has 2 aliphatic heterocycles. The predicted octanol–water partition coefficient (Wildman–Crippen LogP) is 2.48. The smallest absolute Gasteiger partial charge is 0.0703 e. The SMILES string of the molecule is Br[C@@H]1CCC2CCC[C@@H]1O2. The summed E-state index contributed by atoms with van der Waals surface area (Å²) in [6, 6.07) is 0. The zero-order valence-corrected chi connectivity index (χ0v) is 7.64. The lowest BCUT2D eigenvalue weighted by molar-refractivity contribution is -0.0772. The molecule has 0 aliphatic carbocycles. The van der Waals surface area contributed by atoms with Gasteiger partial charge in [-0.15, -0.1) is 0 Å². The van der Waals surface area contributed by atoms with Crippen LogP contribution in [0.25, 0.3) is 0 Å².